The van der Waals surface area contributed by atoms with E-state index in [1.807, 2.05) is 0 Å². The molecule has 2 unspecified atom stereocenters. The number of carbonyl (C=O) groups excluding carboxylic acids is 2. The first kappa shape index (κ1) is 76.1. The van der Waals surface area contributed by atoms with Gasteiger partial charge in [0.25, 0.3) is 0 Å². The minimum atomic E-state index is -0.671. The molecule has 1 amide bonds. The fraction of sp³-hybridized carbons (Fsp3) is 0.889. The summed E-state index contributed by atoms with van der Waals surface area (Å²) in [6.45, 7) is 4.95. The lowest BCUT2D eigenvalue weighted by Gasteiger charge is -2.22. The summed E-state index contributed by atoms with van der Waals surface area (Å²) in [4.78, 5) is 24.7. The lowest BCUT2D eigenvalue weighted by atomic mass is 10.0. The zero-order chi connectivity index (χ0) is 56.4. The molecule has 0 aliphatic heterocycles. The number of nitrogens with one attached hydrogen (secondary N) is 1. The molecule has 0 aromatic carbocycles. The highest BCUT2D eigenvalue weighted by Gasteiger charge is 2.20. The Kier molecular flexibility index (Phi) is 65.9. The number of unbranched alkanes of at least 4 members (excludes halogenated alkanes) is 49. The molecule has 78 heavy (non-hydrogen) atoms. The van der Waals surface area contributed by atoms with Gasteiger partial charge in [0.05, 0.1) is 25.4 Å². The minimum absolute atomic E-state index is 0.00519. The third-order valence-electron chi connectivity index (χ3n) is 16.4. The van der Waals surface area contributed by atoms with Gasteiger partial charge in [0.2, 0.25) is 5.91 Å². The van der Waals surface area contributed by atoms with Gasteiger partial charge in [0.1, 0.15) is 0 Å². The molecule has 6 heteroatoms. The number of rotatable bonds is 66. The fourth-order valence-electron chi connectivity index (χ4n) is 11.0. The summed E-state index contributed by atoms with van der Waals surface area (Å²) in [6.07, 6.45) is 86.1. The summed E-state index contributed by atoms with van der Waals surface area (Å²) >= 11 is 0. The van der Waals surface area contributed by atoms with Crippen LogP contribution >= 0.6 is 0 Å². The fourth-order valence-corrected chi connectivity index (χ4v) is 11.0. The van der Waals surface area contributed by atoms with Gasteiger partial charge in [0.15, 0.2) is 0 Å². The van der Waals surface area contributed by atoms with Crippen molar-refractivity contribution in [2.24, 2.45) is 0 Å². The van der Waals surface area contributed by atoms with E-state index >= 15 is 0 Å². The third-order valence-corrected chi connectivity index (χ3v) is 16.4. The van der Waals surface area contributed by atoms with Gasteiger partial charge in [-0.15, -0.1) is 0 Å². The van der Waals surface area contributed by atoms with Gasteiger partial charge >= 0.3 is 5.97 Å². The van der Waals surface area contributed by atoms with Gasteiger partial charge in [-0.1, -0.05) is 326 Å². The highest BCUT2D eigenvalue weighted by molar-refractivity contribution is 5.76. The first-order valence-corrected chi connectivity index (χ1v) is 35.2. The second-order valence-corrected chi connectivity index (χ2v) is 24.2. The van der Waals surface area contributed by atoms with Gasteiger partial charge in [-0.2, -0.15) is 0 Å². The van der Waals surface area contributed by atoms with Crippen LogP contribution in [0.4, 0.5) is 0 Å². The number of hydrogen-bond donors (Lipinski definition) is 3. The van der Waals surface area contributed by atoms with Crippen molar-refractivity contribution in [3.63, 3.8) is 0 Å². The Labute approximate surface area is 487 Å². The molecule has 0 bridgehead atoms. The molecule has 0 radical (unpaired) electrons. The van der Waals surface area contributed by atoms with Crippen molar-refractivity contribution in [2.45, 2.75) is 398 Å². The van der Waals surface area contributed by atoms with Crippen molar-refractivity contribution in [3.8, 4) is 0 Å². The highest BCUT2D eigenvalue weighted by Crippen LogP contribution is 2.18. The smallest absolute Gasteiger partial charge is 0.305 e. The number of aliphatic hydroxyl groups is 2. The second-order valence-electron chi connectivity index (χ2n) is 24.2. The Bertz CT molecular complexity index is 1260. The average Bonchev–Trinajstić information content (AvgIpc) is 3.44. The Morgan fingerprint density at radius 1 is 0.359 bits per heavy atom. The van der Waals surface area contributed by atoms with Crippen LogP contribution in [0.15, 0.2) is 36.5 Å². The van der Waals surface area contributed by atoms with E-state index < -0.39 is 12.1 Å². The molecule has 0 heterocycles. The quantitative estimate of drug-likeness (QED) is 0.0320. The summed E-state index contributed by atoms with van der Waals surface area (Å²) in [6, 6.07) is -0.549. The van der Waals surface area contributed by atoms with Crippen LogP contribution < -0.4 is 5.32 Å². The van der Waals surface area contributed by atoms with E-state index in [0.29, 0.717) is 25.9 Å². The van der Waals surface area contributed by atoms with Gasteiger partial charge in [-0.3, -0.25) is 9.59 Å². The van der Waals surface area contributed by atoms with Crippen molar-refractivity contribution in [1.29, 1.82) is 0 Å². The molecule has 0 aromatic heterocycles. The predicted octanol–water partition coefficient (Wildman–Crippen LogP) is 22.7. The molecule has 0 aliphatic rings. The van der Waals surface area contributed by atoms with Gasteiger partial charge in [-0.25, -0.2) is 0 Å². The molecule has 0 aliphatic carbocycles. The maximum Gasteiger partial charge on any atom is 0.305 e. The molecule has 0 aromatic rings. The summed E-state index contributed by atoms with van der Waals surface area (Å²) in [5.74, 6) is -0.0339. The molecule has 6 nitrogen and oxygen atoms in total. The van der Waals surface area contributed by atoms with Crippen LogP contribution in [-0.4, -0.2) is 47.4 Å². The van der Waals surface area contributed by atoms with Crippen LogP contribution in [0.5, 0.6) is 0 Å². The Hall–Kier alpha value is -1.92. The lowest BCUT2D eigenvalue weighted by molar-refractivity contribution is -0.143. The number of amides is 1. The predicted molar refractivity (Wildman–Crippen MR) is 343 cm³/mol. The molecule has 2 atom stereocenters. The molecule has 0 fully saturated rings. The standard InChI is InChI=1S/C72H137NO5/c1-3-5-7-9-11-13-15-17-19-21-23-25-29-32-36-40-44-48-52-56-60-64-70(75)69(68-74)73-71(76)65-61-57-53-49-45-41-37-33-30-26-24-27-31-35-39-43-47-51-55-59-63-67-78-72(77)66-62-58-54-50-46-42-38-34-28-22-20-18-16-14-12-10-8-6-4-2/h12,14,18,20,26,30,69-70,74-75H,3-11,13,15-17,19,21-25,27-29,31-68H2,1-2H3,(H,73,76)/b14-12-,20-18-,30-26-. The Morgan fingerprint density at radius 2 is 0.641 bits per heavy atom. The molecule has 0 saturated carbocycles. The van der Waals surface area contributed by atoms with Crippen LogP contribution in [0, 0.1) is 0 Å². The van der Waals surface area contributed by atoms with Crippen LogP contribution in [0.1, 0.15) is 386 Å². The van der Waals surface area contributed by atoms with E-state index in [2.05, 4.69) is 55.6 Å². The van der Waals surface area contributed by atoms with E-state index in [4.69, 9.17) is 4.74 Å². The van der Waals surface area contributed by atoms with E-state index in [0.717, 1.165) is 51.4 Å². The summed E-state index contributed by atoms with van der Waals surface area (Å²) < 4.78 is 5.50. The van der Waals surface area contributed by atoms with Gasteiger partial charge < -0.3 is 20.3 Å². The van der Waals surface area contributed by atoms with Crippen molar-refractivity contribution >= 4 is 11.9 Å². The maximum absolute atomic E-state index is 12.5. The number of hydrogen-bond acceptors (Lipinski definition) is 5. The van der Waals surface area contributed by atoms with Crippen LogP contribution in [0.25, 0.3) is 0 Å². The molecular formula is C72H137NO5. The maximum atomic E-state index is 12.5. The zero-order valence-electron chi connectivity index (χ0n) is 52.7. The first-order valence-electron chi connectivity index (χ1n) is 35.2. The molecule has 0 saturated heterocycles. The zero-order valence-corrected chi connectivity index (χ0v) is 52.7. The van der Waals surface area contributed by atoms with E-state index in [-0.39, 0.29) is 18.5 Å². The summed E-state index contributed by atoms with van der Waals surface area (Å²) in [5, 5.41) is 23.4. The molecule has 0 rings (SSSR count). The van der Waals surface area contributed by atoms with Crippen molar-refractivity contribution < 1.29 is 24.5 Å². The minimum Gasteiger partial charge on any atom is -0.466 e. The number of ether oxygens (including phenoxy) is 1. The lowest BCUT2D eigenvalue weighted by Crippen LogP contribution is -2.45. The first-order chi connectivity index (χ1) is 38.5. The SMILES string of the molecule is CCCCC/C=C\C/C=C\CCCCCCCCCCCC(=O)OCCCCCCCCCCCC/C=C\CCCCCCCCCC(=O)NC(CO)C(O)CCCCCCCCCCCCCCCCCCCCCCC. The molecular weight excluding hydrogens is 959 g/mol. The van der Waals surface area contributed by atoms with E-state index in [9.17, 15) is 19.8 Å². The monoisotopic (exact) mass is 1100 g/mol. The number of esters is 1. The van der Waals surface area contributed by atoms with Crippen molar-refractivity contribution in [1.82, 2.24) is 5.32 Å². The summed E-state index contributed by atoms with van der Waals surface area (Å²) in [5.41, 5.74) is 0. The van der Waals surface area contributed by atoms with E-state index in [1.165, 1.54) is 302 Å². The van der Waals surface area contributed by atoms with E-state index in [1.54, 1.807) is 0 Å². The van der Waals surface area contributed by atoms with Gasteiger partial charge in [-0.05, 0) is 83.5 Å². The Balaban J connectivity index is 3.41. The Morgan fingerprint density at radius 3 is 1.01 bits per heavy atom. The third kappa shape index (κ3) is 63.3. The normalized spacial score (nSPS) is 12.7. The van der Waals surface area contributed by atoms with Crippen LogP contribution in [-0.2, 0) is 14.3 Å². The topological polar surface area (TPSA) is 95.9 Å². The number of carbonyl (C=O) groups is 2. The molecule has 3 N–H and O–H groups in total. The summed E-state index contributed by atoms with van der Waals surface area (Å²) in [7, 11) is 0. The van der Waals surface area contributed by atoms with Crippen LogP contribution in [0.2, 0.25) is 0 Å². The molecule has 0 spiro atoms. The molecule has 460 valence electrons. The van der Waals surface area contributed by atoms with Crippen LogP contribution in [0.3, 0.4) is 0 Å². The average molecular weight is 1100 g/mol. The number of aliphatic hydroxyl groups excluding tert-OH is 2. The van der Waals surface area contributed by atoms with Crippen molar-refractivity contribution in [3.05, 3.63) is 36.5 Å². The van der Waals surface area contributed by atoms with Gasteiger partial charge in [0, 0.05) is 12.8 Å². The second kappa shape index (κ2) is 67.6. The van der Waals surface area contributed by atoms with Crippen molar-refractivity contribution in [2.75, 3.05) is 13.2 Å². The largest absolute Gasteiger partial charge is 0.466 e. The highest BCUT2D eigenvalue weighted by atomic mass is 16.5. The number of allylic oxidation sites excluding steroid dienone is 6.